The first kappa shape index (κ1) is 13.7. The third-order valence-electron chi connectivity index (χ3n) is 2.73. The van der Waals surface area contributed by atoms with Gasteiger partial charge in [0.15, 0.2) is 0 Å². The molecule has 0 atom stereocenters. The number of aryl methyl sites for hydroxylation is 1. The fraction of sp³-hybridized carbons (Fsp3) is 0.143. The number of phenolic OH excluding ortho intramolecular Hbond substituents is 1. The van der Waals surface area contributed by atoms with Crippen LogP contribution in [0.15, 0.2) is 40.2 Å². The number of hydrogen-bond donors (Lipinski definition) is 2. The molecule has 6 heteroatoms. The molecule has 0 spiro atoms. The van der Waals surface area contributed by atoms with Crippen molar-refractivity contribution in [2.24, 2.45) is 5.10 Å². The Bertz CT molecular complexity index is 720. The molecule has 0 aliphatic rings. The number of anilines is 1. The normalized spacial score (nSPS) is 10.9. The molecule has 6 nitrogen and oxygen atoms in total. The first-order chi connectivity index (χ1) is 9.51. The van der Waals surface area contributed by atoms with Gasteiger partial charge in [-0.2, -0.15) is 9.78 Å². The molecule has 0 bridgehead atoms. The van der Waals surface area contributed by atoms with E-state index in [-0.39, 0.29) is 17.1 Å². The Balaban J connectivity index is 2.42. The lowest BCUT2D eigenvalue weighted by molar-refractivity contribution is 0.412. The monoisotopic (exact) mass is 273 g/mol. The Hall–Kier alpha value is -2.76. The highest BCUT2D eigenvalue weighted by Gasteiger charge is 2.03. The summed E-state index contributed by atoms with van der Waals surface area (Å²) in [5, 5.41) is 13.7. The van der Waals surface area contributed by atoms with E-state index in [2.05, 4.69) is 5.10 Å². The lowest BCUT2D eigenvalue weighted by Gasteiger charge is -2.05. The number of ether oxygens (including phenoxy) is 1. The standard InChI is InChI=1S/C14H15N3O3/c1-9-5-13(15)17(14(19)6-9)16-8-10-7-11(20-2)3-4-12(10)18/h3-8,18H,15H2,1-2H3/b16-8+. The molecule has 1 aromatic heterocycles. The van der Waals surface area contributed by atoms with E-state index >= 15 is 0 Å². The van der Waals surface area contributed by atoms with Crippen LogP contribution in [0, 0.1) is 6.92 Å². The van der Waals surface area contributed by atoms with Crippen LogP contribution in [0.5, 0.6) is 11.5 Å². The molecule has 3 N–H and O–H groups in total. The summed E-state index contributed by atoms with van der Waals surface area (Å²) < 4.78 is 6.12. The zero-order valence-corrected chi connectivity index (χ0v) is 11.2. The average Bonchev–Trinajstić information content (AvgIpc) is 2.39. The van der Waals surface area contributed by atoms with Crippen molar-refractivity contribution >= 4 is 12.0 Å². The van der Waals surface area contributed by atoms with Crippen LogP contribution in [0.3, 0.4) is 0 Å². The van der Waals surface area contributed by atoms with Crippen molar-refractivity contribution in [1.82, 2.24) is 4.68 Å². The smallest absolute Gasteiger partial charge is 0.273 e. The van der Waals surface area contributed by atoms with Crippen LogP contribution in [0.4, 0.5) is 5.82 Å². The van der Waals surface area contributed by atoms with E-state index in [1.54, 1.807) is 25.1 Å². The molecule has 104 valence electrons. The number of methoxy groups -OCH3 is 1. The van der Waals surface area contributed by atoms with Crippen molar-refractivity contribution in [2.45, 2.75) is 6.92 Å². The maximum atomic E-state index is 11.8. The van der Waals surface area contributed by atoms with Crippen LogP contribution in [-0.2, 0) is 0 Å². The second-order valence-electron chi connectivity index (χ2n) is 4.28. The predicted molar refractivity (Wildman–Crippen MR) is 77.5 cm³/mol. The Labute approximate surface area is 115 Å². The Morgan fingerprint density at radius 1 is 1.35 bits per heavy atom. The number of phenols is 1. The van der Waals surface area contributed by atoms with Crippen LogP contribution in [-0.4, -0.2) is 23.1 Å². The zero-order valence-electron chi connectivity index (χ0n) is 11.2. The summed E-state index contributed by atoms with van der Waals surface area (Å²) in [4.78, 5) is 11.8. The molecule has 0 aliphatic heterocycles. The number of pyridine rings is 1. The highest BCUT2D eigenvalue weighted by Crippen LogP contribution is 2.21. The molecule has 0 saturated heterocycles. The number of nitrogens with two attached hydrogens (primary N) is 1. The van der Waals surface area contributed by atoms with Gasteiger partial charge < -0.3 is 15.6 Å². The molecule has 0 amide bonds. The molecule has 0 radical (unpaired) electrons. The minimum absolute atomic E-state index is 0.0354. The topological polar surface area (TPSA) is 89.8 Å². The van der Waals surface area contributed by atoms with Crippen molar-refractivity contribution in [3.05, 3.63) is 51.8 Å². The van der Waals surface area contributed by atoms with Crippen molar-refractivity contribution < 1.29 is 9.84 Å². The van der Waals surface area contributed by atoms with E-state index in [4.69, 9.17) is 10.5 Å². The van der Waals surface area contributed by atoms with Gasteiger partial charge in [-0.3, -0.25) is 4.79 Å². The number of aromatic nitrogens is 1. The van der Waals surface area contributed by atoms with Crippen LogP contribution in [0.1, 0.15) is 11.1 Å². The third-order valence-corrected chi connectivity index (χ3v) is 2.73. The average molecular weight is 273 g/mol. The fourth-order valence-corrected chi connectivity index (χ4v) is 1.73. The summed E-state index contributed by atoms with van der Waals surface area (Å²) in [6.45, 7) is 1.78. The number of benzene rings is 1. The Morgan fingerprint density at radius 2 is 2.10 bits per heavy atom. The van der Waals surface area contributed by atoms with Crippen molar-refractivity contribution in [1.29, 1.82) is 0 Å². The molecule has 2 aromatic rings. The van der Waals surface area contributed by atoms with Gasteiger partial charge in [-0.1, -0.05) is 0 Å². The van der Waals surface area contributed by atoms with Gasteiger partial charge in [0.1, 0.15) is 17.3 Å². The summed E-state index contributed by atoms with van der Waals surface area (Å²) in [6.07, 6.45) is 1.35. The maximum Gasteiger partial charge on any atom is 0.273 e. The molecule has 0 unspecified atom stereocenters. The SMILES string of the molecule is COc1ccc(O)c(/C=N/n2c(N)cc(C)cc2=O)c1. The first-order valence-electron chi connectivity index (χ1n) is 5.92. The molecule has 0 aliphatic carbocycles. The molecule has 2 rings (SSSR count). The molecule has 0 fully saturated rings. The largest absolute Gasteiger partial charge is 0.507 e. The fourth-order valence-electron chi connectivity index (χ4n) is 1.73. The van der Waals surface area contributed by atoms with E-state index in [1.165, 1.54) is 25.5 Å². The molecular formula is C14H15N3O3. The second-order valence-corrected chi connectivity index (χ2v) is 4.28. The number of nitrogen functional groups attached to an aromatic ring is 1. The molecule has 0 saturated carbocycles. The summed E-state index contributed by atoms with van der Waals surface area (Å²) in [5.74, 6) is 0.843. The Morgan fingerprint density at radius 3 is 2.75 bits per heavy atom. The molecule has 20 heavy (non-hydrogen) atoms. The van der Waals surface area contributed by atoms with Gasteiger partial charge in [0.05, 0.1) is 13.3 Å². The van der Waals surface area contributed by atoms with Gasteiger partial charge in [0.25, 0.3) is 5.56 Å². The first-order valence-corrected chi connectivity index (χ1v) is 5.92. The van der Waals surface area contributed by atoms with E-state index in [0.717, 1.165) is 10.2 Å². The summed E-state index contributed by atoms with van der Waals surface area (Å²) >= 11 is 0. The van der Waals surface area contributed by atoms with Gasteiger partial charge >= 0.3 is 0 Å². The van der Waals surface area contributed by atoms with E-state index in [9.17, 15) is 9.90 Å². The Kier molecular flexibility index (Phi) is 3.74. The summed E-state index contributed by atoms with van der Waals surface area (Å²) in [6, 6.07) is 7.79. The zero-order chi connectivity index (χ0) is 14.7. The van der Waals surface area contributed by atoms with Crippen LogP contribution >= 0.6 is 0 Å². The number of nitrogens with zero attached hydrogens (tertiary/aromatic N) is 2. The lowest BCUT2D eigenvalue weighted by Crippen LogP contribution is -2.19. The molecular weight excluding hydrogens is 258 g/mol. The number of aromatic hydroxyl groups is 1. The van der Waals surface area contributed by atoms with Crippen LogP contribution < -0.4 is 16.0 Å². The lowest BCUT2D eigenvalue weighted by atomic mass is 10.2. The minimum atomic E-state index is -0.332. The summed E-state index contributed by atoms with van der Waals surface area (Å²) in [7, 11) is 1.52. The summed E-state index contributed by atoms with van der Waals surface area (Å²) in [5.41, 5.74) is 6.60. The highest BCUT2D eigenvalue weighted by molar-refractivity contribution is 5.84. The predicted octanol–water partition coefficient (Wildman–Crippen LogP) is 1.34. The van der Waals surface area contributed by atoms with Gasteiger partial charge in [0.2, 0.25) is 0 Å². The molecule has 1 aromatic carbocycles. The number of rotatable bonds is 3. The quantitative estimate of drug-likeness (QED) is 0.826. The van der Waals surface area contributed by atoms with Crippen molar-refractivity contribution in [3.63, 3.8) is 0 Å². The van der Waals surface area contributed by atoms with E-state index in [0.29, 0.717) is 11.3 Å². The van der Waals surface area contributed by atoms with Gasteiger partial charge in [-0.05, 0) is 36.8 Å². The van der Waals surface area contributed by atoms with Gasteiger partial charge in [-0.15, -0.1) is 0 Å². The van der Waals surface area contributed by atoms with Crippen LogP contribution in [0.25, 0.3) is 0 Å². The second kappa shape index (κ2) is 5.48. The van der Waals surface area contributed by atoms with Crippen LogP contribution in [0.2, 0.25) is 0 Å². The highest BCUT2D eigenvalue weighted by atomic mass is 16.5. The van der Waals surface area contributed by atoms with Gasteiger partial charge in [0, 0.05) is 11.6 Å². The maximum absolute atomic E-state index is 11.8. The van der Waals surface area contributed by atoms with Gasteiger partial charge in [-0.25, -0.2) is 0 Å². The minimum Gasteiger partial charge on any atom is -0.507 e. The third kappa shape index (κ3) is 2.80. The van der Waals surface area contributed by atoms with E-state index in [1.807, 2.05) is 0 Å². The van der Waals surface area contributed by atoms with E-state index < -0.39 is 0 Å². The van der Waals surface area contributed by atoms with Crippen molar-refractivity contribution in [3.8, 4) is 11.5 Å². The number of hydrogen-bond acceptors (Lipinski definition) is 5. The van der Waals surface area contributed by atoms with Crippen molar-refractivity contribution in [2.75, 3.05) is 12.8 Å². The molecule has 1 heterocycles.